The second-order valence-corrected chi connectivity index (χ2v) is 8.33. The minimum absolute atomic E-state index is 0.0232. The van der Waals surface area contributed by atoms with E-state index >= 15 is 0 Å². The van der Waals surface area contributed by atoms with Crippen LogP contribution in [0.2, 0.25) is 0 Å². The number of tetrazole rings is 1. The van der Waals surface area contributed by atoms with E-state index in [1.165, 1.54) is 12.8 Å². The minimum Gasteiger partial charge on any atom is -0.345 e. The Balaban J connectivity index is 1.36. The lowest BCUT2D eigenvalue weighted by Gasteiger charge is -2.20. The first-order chi connectivity index (χ1) is 14.3. The van der Waals surface area contributed by atoms with Crippen molar-refractivity contribution in [1.82, 2.24) is 25.5 Å². The van der Waals surface area contributed by atoms with Gasteiger partial charge in [-0.15, -0.1) is 5.10 Å². The Labute approximate surface area is 175 Å². The number of nitrogens with one attached hydrogen (secondary N) is 1. The molecule has 1 aromatic heterocycles. The van der Waals surface area contributed by atoms with Gasteiger partial charge in [-0.2, -0.15) is 0 Å². The first-order valence-corrected chi connectivity index (χ1v) is 11.1. The molecule has 150 valence electrons. The number of benzene rings is 2. The largest absolute Gasteiger partial charge is 0.345 e. The van der Waals surface area contributed by atoms with Crippen LogP contribution >= 0.6 is 11.8 Å². The highest BCUT2D eigenvalue weighted by Crippen LogP contribution is 2.31. The van der Waals surface area contributed by atoms with Gasteiger partial charge in [-0.25, -0.2) is 4.68 Å². The molecule has 3 aromatic rings. The second kappa shape index (κ2) is 9.69. The number of amides is 1. The fourth-order valence-corrected chi connectivity index (χ4v) is 4.66. The number of rotatable bonds is 8. The van der Waals surface area contributed by atoms with E-state index in [1.807, 2.05) is 65.3 Å². The highest BCUT2D eigenvalue weighted by Gasteiger charge is 2.22. The smallest absolute Gasteiger partial charge is 0.221 e. The number of hydrogen-bond donors (Lipinski definition) is 1. The van der Waals surface area contributed by atoms with Crippen LogP contribution < -0.4 is 5.32 Å². The van der Waals surface area contributed by atoms with Crippen LogP contribution in [0.3, 0.4) is 0 Å². The summed E-state index contributed by atoms with van der Waals surface area (Å²) in [6.07, 6.45) is 5.15. The fraction of sp³-hybridized carbons (Fsp3) is 0.364. The van der Waals surface area contributed by atoms with Crippen molar-refractivity contribution in [3.63, 3.8) is 0 Å². The molecule has 7 heteroatoms. The Morgan fingerprint density at radius 1 is 1.03 bits per heavy atom. The molecule has 2 aromatic carbocycles. The summed E-state index contributed by atoms with van der Waals surface area (Å²) in [6.45, 7) is 0. The van der Waals surface area contributed by atoms with Crippen LogP contribution in [-0.4, -0.2) is 31.9 Å². The summed E-state index contributed by atoms with van der Waals surface area (Å²) in [5, 5.41) is 16.1. The third-order valence-electron chi connectivity index (χ3n) is 5.26. The summed E-state index contributed by atoms with van der Waals surface area (Å²) in [5.41, 5.74) is 2.15. The first kappa shape index (κ1) is 19.6. The molecular weight excluding hydrogens is 382 g/mol. The first-order valence-electron chi connectivity index (χ1n) is 10.1. The van der Waals surface area contributed by atoms with Gasteiger partial charge in [0.2, 0.25) is 11.1 Å². The van der Waals surface area contributed by atoms with Crippen LogP contribution in [0.25, 0.3) is 0 Å². The third-order valence-corrected chi connectivity index (χ3v) is 6.20. The standard InChI is InChI=1S/C22H25N5OS/c28-20(15-16-29-22-24-25-26-27(22)19-13-7-8-14-19)23-21(17-9-3-1-4-10-17)18-11-5-2-6-12-18/h1-6,9-12,19,21H,7-8,13-16H2,(H,23,28). The molecule has 29 heavy (non-hydrogen) atoms. The van der Waals surface area contributed by atoms with Crippen LogP contribution in [0.1, 0.15) is 55.3 Å². The van der Waals surface area contributed by atoms with E-state index in [0.29, 0.717) is 18.2 Å². The van der Waals surface area contributed by atoms with Gasteiger partial charge in [0.1, 0.15) is 0 Å². The zero-order chi connectivity index (χ0) is 19.9. The Hall–Kier alpha value is -2.67. The topological polar surface area (TPSA) is 72.7 Å². The number of carbonyl (C=O) groups excluding carboxylic acids is 1. The molecule has 1 fully saturated rings. The summed E-state index contributed by atoms with van der Waals surface area (Å²) in [4.78, 5) is 12.7. The van der Waals surface area contributed by atoms with Crippen molar-refractivity contribution < 1.29 is 4.79 Å². The summed E-state index contributed by atoms with van der Waals surface area (Å²) < 4.78 is 1.94. The number of aromatic nitrogens is 4. The van der Waals surface area contributed by atoms with Crippen LogP contribution in [-0.2, 0) is 4.79 Å². The van der Waals surface area contributed by atoms with Crippen molar-refractivity contribution in [3.05, 3.63) is 71.8 Å². The Bertz CT molecular complexity index is 870. The van der Waals surface area contributed by atoms with Gasteiger partial charge in [-0.05, 0) is 34.4 Å². The average molecular weight is 408 g/mol. The lowest BCUT2D eigenvalue weighted by Crippen LogP contribution is -2.29. The van der Waals surface area contributed by atoms with Gasteiger partial charge < -0.3 is 5.32 Å². The average Bonchev–Trinajstić information content (AvgIpc) is 3.45. The van der Waals surface area contributed by atoms with E-state index in [4.69, 9.17) is 0 Å². The molecule has 0 aliphatic heterocycles. The van der Waals surface area contributed by atoms with E-state index in [-0.39, 0.29) is 11.9 Å². The van der Waals surface area contributed by atoms with E-state index in [0.717, 1.165) is 29.1 Å². The number of thioether (sulfide) groups is 1. The van der Waals surface area contributed by atoms with Crippen molar-refractivity contribution in [1.29, 1.82) is 0 Å². The number of nitrogens with zero attached hydrogens (tertiary/aromatic N) is 4. The summed E-state index contributed by atoms with van der Waals surface area (Å²) in [7, 11) is 0. The molecule has 0 unspecified atom stereocenters. The second-order valence-electron chi connectivity index (χ2n) is 7.26. The lowest BCUT2D eigenvalue weighted by atomic mass is 9.98. The maximum atomic E-state index is 12.7. The Morgan fingerprint density at radius 3 is 2.28 bits per heavy atom. The Kier molecular flexibility index (Phi) is 6.56. The summed E-state index contributed by atoms with van der Waals surface area (Å²) >= 11 is 1.55. The molecule has 0 radical (unpaired) electrons. The molecule has 1 saturated carbocycles. The van der Waals surface area contributed by atoms with Crippen LogP contribution in [0, 0.1) is 0 Å². The van der Waals surface area contributed by atoms with E-state index < -0.39 is 0 Å². The quantitative estimate of drug-likeness (QED) is 0.567. The zero-order valence-electron chi connectivity index (χ0n) is 16.3. The van der Waals surface area contributed by atoms with E-state index in [9.17, 15) is 4.79 Å². The summed E-state index contributed by atoms with van der Waals surface area (Å²) in [6, 6.07) is 20.4. The minimum atomic E-state index is -0.154. The van der Waals surface area contributed by atoms with Crippen LogP contribution in [0.5, 0.6) is 0 Å². The molecule has 1 heterocycles. The molecule has 0 spiro atoms. The molecular formula is C22H25N5OS. The highest BCUT2D eigenvalue weighted by atomic mass is 32.2. The van der Waals surface area contributed by atoms with Gasteiger partial charge in [0.15, 0.2) is 0 Å². The van der Waals surface area contributed by atoms with Crippen molar-refractivity contribution in [2.75, 3.05) is 5.75 Å². The Morgan fingerprint density at radius 2 is 1.66 bits per heavy atom. The van der Waals surface area contributed by atoms with Gasteiger partial charge in [0, 0.05) is 12.2 Å². The number of hydrogen-bond acceptors (Lipinski definition) is 5. The molecule has 4 rings (SSSR count). The molecule has 6 nitrogen and oxygen atoms in total. The van der Waals surface area contributed by atoms with Gasteiger partial charge in [0.05, 0.1) is 12.1 Å². The third kappa shape index (κ3) is 5.03. The normalized spacial score (nSPS) is 14.4. The van der Waals surface area contributed by atoms with E-state index in [2.05, 4.69) is 20.8 Å². The van der Waals surface area contributed by atoms with Gasteiger partial charge in [0.25, 0.3) is 0 Å². The van der Waals surface area contributed by atoms with Gasteiger partial charge >= 0.3 is 0 Å². The molecule has 1 N–H and O–H groups in total. The maximum absolute atomic E-state index is 12.7. The maximum Gasteiger partial charge on any atom is 0.221 e. The van der Waals surface area contributed by atoms with Crippen molar-refractivity contribution >= 4 is 17.7 Å². The van der Waals surface area contributed by atoms with Crippen molar-refractivity contribution in [2.24, 2.45) is 0 Å². The molecule has 1 aliphatic carbocycles. The van der Waals surface area contributed by atoms with Gasteiger partial charge in [-0.3, -0.25) is 4.79 Å². The molecule has 0 bridgehead atoms. The predicted molar refractivity (Wildman–Crippen MR) is 114 cm³/mol. The van der Waals surface area contributed by atoms with E-state index in [1.54, 1.807) is 11.8 Å². The SMILES string of the molecule is O=C(CCSc1nnnn1C1CCCC1)NC(c1ccccc1)c1ccccc1. The molecule has 0 atom stereocenters. The van der Waals surface area contributed by atoms with Gasteiger partial charge in [-0.1, -0.05) is 85.3 Å². The fourth-order valence-electron chi connectivity index (χ4n) is 3.78. The predicted octanol–water partition coefficient (Wildman–Crippen LogP) is 4.18. The number of carbonyl (C=O) groups is 1. The highest BCUT2D eigenvalue weighted by molar-refractivity contribution is 7.99. The van der Waals surface area contributed by atoms with Crippen molar-refractivity contribution in [3.8, 4) is 0 Å². The summed E-state index contributed by atoms with van der Waals surface area (Å²) in [5.74, 6) is 0.671. The molecule has 1 amide bonds. The lowest BCUT2D eigenvalue weighted by molar-refractivity contribution is -0.121. The molecule has 1 aliphatic rings. The monoisotopic (exact) mass is 407 g/mol. The van der Waals surface area contributed by atoms with Crippen LogP contribution in [0.4, 0.5) is 0 Å². The van der Waals surface area contributed by atoms with Crippen molar-refractivity contribution in [2.45, 2.75) is 49.3 Å². The molecule has 0 saturated heterocycles. The zero-order valence-corrected chi connectivity index (χ0v) is 17.1. The van der Waals surface area contributed by atoms with Crippen LogP contribution in [0.15, 0.2) is 65.8 Å².